The molecule has 0 bridgehead atoms. The molecule has 0 aromatic heterocycles. The monoisotopic (exact) mass is 307 g/mol. The Hall–Kier alpha value is -0.450. The van der Waals surface area contributed by atoms with Gasteiger partial charge in [0.15, 0.2) is 0 Å². The van der Waals surface area contributed by atoms with Gasteiger partial charge in [0.25, 0.3) is 0 Å². The second-order valence-corrected chi connectivity index (χ2v) is 7.64. The zero-order chi connectivity index (χ0) is 15.5. The maximum Gasteiger partial charge on any atom is 0.0780 e. The Morgan fingerprint density at radius 3 is 2.36 bits per heavy atom. The number of nitrogens with zero attached hydrogens (tertiary/aromatic N) is 1. The summed E-state index contributed by atoms with van der Waals surface area (Å²) in [7, 11) is 0. The first kappa shape index (κ1) is 16.4. The van der Waals surface area contributed by atoms with E-state index in [2.05, 4.69) is 17.1 Å². The van der Waals surface area contributed by atoms with E-state index in [0.717, 1.165) is 31.4 Å². The Labute approximate surface area is 135 Å². The highest BCUT2D eigenvalue weighted by molar-refractivity contribution is 5.83. The number of ether oxygens (including phenoxy) is 1. The molecule has 2 heterocycles. The molecule has 2 saturated heterocycles. The highest BCUT2D eigenvalue weighted by Gasteiger charge is 2.40. The second-order valence-electron chi connectivity index (χ2n) is 7.64. The highest BCUT2D eigenvalue weighted by Crippen LogP contribution is 2.31. The van der Waals surface area contributed by atoms with E-state index in [0.29, 0.717) is 24.1 Å². The van der Waals surface area contributed by atoms with Crippen LogP contribution in [-0.4, -0.2) is 54.5 Å². The van der Waals surface area contributed by atoms with Crippen LogP contribution in [0.5, 0.6) is 0 Å². The lowest BCUT2D eigenvalue weighted by atomic mass is 9.83. The fourth-order valence-electron chi connectivity index (χ4n) is 4.39. The molecule has 3 aliphatic rings. The van der Waals surface area contributed by atoms with Crippen molar-refractivity contribution in [1.82, 2.24) is 10.2 Å². The van der Waals surface area contributed by atoms with E-state index in [1.807, 2.05) is 6.92 Å². The average Bonchev–Trinajstić information content (AvgIpc) is 2.52. The molecule has 2 N–H and O–H groups in total. The average molecular weight is 307 g/mol. The number of hydrogen-bond acceptors (Lipinski definition) is 4. The van der Waals surface area contributed by atoms with Crippen molar-refractivity contribution in [3.05, 3.63) is 0 Å². The molecule has 22 heavy (non-hydrogen) atoms. The fraction of sp³-hybridized carbons (Fsp3) is 0.944. The molecule has 0 aromatic rings. The summed E-state index contributed by atoms with van der Waals surface area (Å²) in [6.07, 6.45) is 9.84. The van der Waals surface area contributed by atoms with Gasteiger partial charge in [0.1, 0.15) is 0 Å². The summed E-state index contributed by atoms with van der Waals surface area (Å²) < 4.78 is 5.94. The van der Waals surface area contributed by atoms with Gasteiger partial charge in [-0.1, -0.05) is 19.3 Å². The molecule has 4 heteroatoms. The van der Waals surface area contributed by atoms with Crippen LogP contribution < -0.4 is 5.32 Å². The van der Waals surface area contributed by atoms with Crippen LogP contribution in [0.2, 0.25) is 0 Å². The minimum atomic E-state index is 0.305. The molecule has 2 aliphatic heterocycles. The van der Waals surface area contributed by atoms with E-state index in [9.17, 15) is 0 Å². The van der Waals surface area contributed by atoms with Gasteiger partial charge in [-0.2, -0.15) is 0 Å². The molecule has 126 valence electrons. The molecule has 1 saturated carbocycles. The number of hydrogen-bond donors (Lipinski definition) is 2. The maximum atomic E-state index is 7.82. The minimum absolute atomic E-state index is 0.305. The lowest BCUT2D eigenvalue weighted by Gasteiger charge is -2.47. The van der Waals surface area contributed by atoms with Crippen molar-refractivity contribution < 1.29 is 4.74 Å². The Balaban J connectivity index is 1.44. The summed E-state index contributed by atoms with van der Waals surface area (Å²) in [5, 5.41) is 11.7. The highest BCUT2D eigenvalue weighted by atomic mass is 16.5. The molecule has 1 aliphatic carbocycles. The molecule has 3 unspecified atom stereocenters. The number of nitrogens with one attached hydrogen (secondary N) is 2. The van der Waals surface area contributed by atoms with Crippen molar-refractivity contribution in [2.24, 2.45) is 5.92 Å². The fourth-order valence-corrected chi connectivity index (χ4v) is 4.39. The second kappa shape index (κ2) is 7.41. The van der Waals surface area contributed by atoms with E-state index < -0.39 is 0 Å². The SMILES string of the molecule is CC(=N)C(C)N1CCC(C2OCC2NC2CCCCC2)CC1. The molecule has 0 aromatic carbocycles. The third-order valence-corrected chi connectivity index (χ3v) is 6.13. The van der Waals surface area contributed by atoms with E-state index in [4.69, 9.17) is 10.1 Å². The van der Waals surface area contributed by atoms with Gasteiger partial charge in [-0.3, -0.25) is 4.90 Å². The molecule has 4 nitrogen and oxygen atoms in total. The summed E-state index contributed by atoms with van der Waals surface area (Å²) in [5.74, 6) is 0.712. The van der Waals surface area contributed by atoms with Crippen LogP contribution in [0.15, 0.2) is 0 Å². The molecular weight excluding hydrogens is 274 g/mol. The van der Waals surface area contributed by atoms with E-state index >= 15 is 0 Å². The molecule has 3 rings (SSSR count). The zero-order valence-electron chi connectivity index (χ0n) is 14.3. The first-order valence-electron chi connectivity index (χ1n) is 9.32. The molecule has 3 fully saturated rings. The largest absolute Gasteiger partial charge is 0.374 e. The standard InChI is InChI=1S/C18H33N3O/c1-13(19)14(2)21-10-8-15(9-11-21)18-17(12-22-18)20-16-6-4-3-5-7-16/h14-20H,3-12H2,1-2H3. The van der Waals surface area contributed by atoms with E-state index in [1.165, 1.54) is 44.9 Å². The predicted molar refractivity (Wildman–Crippen MR) is 90.7 cm³/mol. The Morgan fingerprint density at radius 1 is 1.14 bits per heavy atom. The lowest BCUT2D eigenvalue weighted by Crippen LogP contribution is -2.61. The molecule has 3 atom stereocenters. The van der Waals surface area contributed by atoms with Gasteiger partial charge >= 0.3 is 0 Å². The van der Waals surface area contributed by atoms with Gasteiger partial charge in [-0.25, -0.2) is 0 Å². The molecule has 0 radical (unpaired) electrons. The lowest BCUT2D eigenvalue weighted by molar-refractivity contribution is -0.131. The van der Waals surface area contributed by atoms with Gasteiger partial charge < -0.3 is 15.5 Å². The van der Waals surface area contributed by atoms with Gasteiger partial charge in [0.05, 0.1) is 18.8 Å². The number of rotatable bonds is 5. The van der Waals surface area contributed by atoms with Crippen LogP contribution in [-0.2, 0) is 4.74 Å². The Kier molecular flexibility index (Phi) is 5.53. The van der Waals surface area contributed by atoms with Crippen LogP contribution in [0.3, 0.4) is 0 Å². The quantitative estimate of drug-likeness (QED) is 0.768. The third kappa shape index (κ3) is 3.72. The minimum Gasteiger partial charge on any atom is -0.374 e. The maximum absolute atomic E-state index is 7.82. The van der Waals surface area contributed by atoms with Crippen molar-refractivity contribution >= 4 is 5.71 Å². The van der Waals surface area contributed by atoms with Crippen molar-refractivity contribution in [3.63, 3.8) is 0 Å². The smallest absolute Gasteiger partial charge is 0.0780 e. The summed E-state index contributed by atoms with van der Waals surface area (Å²) in [4.78, 5) is 2.46. The zero-order valence-corrected chi connectivity index (χ0v) is 14.3. The first-order chi connectivity index (χ1) is 10.6. The van der Waals surface area contributed by atoms with Gasteiger partial charge in [0.2, 0.25) is 0 Å². The number of piperidine rings is 1. The normalized spacial score (nSPS) is 33.4. The van der Waals surface area contributed by atoms with Crippen LogP contribution in [0, 0.1) is 11.3 Å². The van der Waals surface area contributed by atoms with Crippen LogP contribution in [0.4, 0.5) is 0 Å². The van der Waals surface area contributed by atoms with Crippen LogP contribution in [0.1, 0.15) is 58.8 Å². The molecule has 0 spiro atoms. The Morgan fingerprint density at radius 2 is 1.82 bits per heavy atom. The van der Waals surface area contributed by atoms with Crippen molar-refractivity contribution in [2.45, 2.75) is 83.0 Å². The van der Waals surface area contributed by atoms with Crippen LogP contribution in [0.25, 0.3) is 0 Å². The predicted octanol–water partition coefficient (Wildman–Crippen LogP) is 2.82. The van der Waals surface area contributed by atoms with Crippen molar-refractivity contribution in [2.75, 3.05) is 19.7 Å². The molecular formula is C18H33N3O. The van der Waals surface area contributed by atoms with Gasteiger partial charge in [-0.05, 0) is 58.5 Å². The topological polar surface area (TPSA) is 48.4 Å². The van der Waals surface area contributed by atoms with Gasteiger partial charge in [-0.15, -0.1) is 0 Å². The summed E-state index contributed by atoms with van der Waals surface area (Å²) >= 11 is 0. The van der Waals surface area contributed by atoms with E-state index in [-0.39, 0.29) is 0 Å². The van der Waals surface area contributed by atoms with Crippen molar-refractivity contribution in [1.29, 1.82) is 5.41 Å². The first-order valence-corrected chi connectivity index (χ1v) is 9.32. The van der Waals surface area contributed by atoms with E-state index in [1.54, 1.807) is 0 Å². The Bertz CT molecular complexity index is 373. The summed E-state index contributed by atoms with van der Waals surface area (Å²) in [6.45, 7) is 7.25. The third-order valence-electron chi connectivity index (χ3n) is 6.13. The van der Waals surface area contributed by atoms with Crippen LogP contribution >= 0.6 is 0 Å². The summed E-state index contributed by atoms with van der Waals surface area (Å²) in [5.41, 5.74) is 0.787. The molecule has 0 amide bonds. The number of likely N-dealkylation sites (tertiary alicyclic amines) is 1. The summed E-state index contributed by atoms with van der Waals surface area (Å²) in [6, 6.07) is 1.65. The van der Waals surface area contributed by atoms with Gasteiger partial charge in [0, 0.05) is 17.8 Å². The van der Waals surface area contributed by atoms with Crippen molar-refractivity contribution in [3.8, 4) is 0 Å².